The Hall–Kier alpha value is -2.61. The lowest BCUT2D eigenvalue weighted by Gasteiger charge is -2.15. The maximum atomic E-state index is 13.9. The van der Waals surface area contributed by atoms with Gasteiger partial charge in [0.15, 0.2) is 11.5 Å². The predicted octanol–water partition coefficient (Wildman–Crippen LogP) is 6.64. The number of ether oxygens (including phenoxy) is 2. The van der Waals surface area contributed by atoms with Crippen LogP contribution in [0.5, 0.6) is 11.5 Å². The van der Waals surface area contributed by atoms with E-state index in [2.05, 4.69) is 26.5 Å². The first-order chi connectivity index (χ1) is 15.4. The van der Waals surface area contributed by atoms with E-state index in [0.29, 0.717) is 38.7 Å². The Morgan fingerprint density at radius 3 is 2.66 bits per heavy atom. The lowest BCUT2D eigenvalue weighted by molar-refractivity contribution is 0.0955. The molecule has 5 nitrogen and oxygen atoms in total. The quantitative estimate of drug-likeness (QED) is 0.258. The second-order valence-electron chi connectivity index (χ2n) is 6.47. The SMILES string of the molecule is CCOc1cc(/C=N\NC(=O)c2ccc(Cl)cc2Cl)cc(Br)c1OCc1ccccc1F. The van der Waals surface area contributed by atoms with Crippen molar-refractivity contribution in [3.8, 4) is 11.5 Å². The molecule has 3 rings (SSSR count). The van der Waals surface area contributed by atoms with E-state index in [1.165, 1.54) is 24.4 Å². The standard InChI is InChI=1S/C23H18BrCl2FN2O3/c1-2-31-21-10-14(12-28-29-23(30)17-8-7-16(25)11-19(17)26)9-18(24)22(21)32-13-15-5-3-4-6-20(15)27/h3-12H,2,13H2,1H3,(H,29,30)/b28-12-. The molecular weight excluding hydrogens is 522 g/mol. The van der Waals surface area contributed by atoms with E-state index in [4.69, 9.17) is 32.7 Å². The molecule has 0 saturated heterocycles. The third-order valence-corrected chi connectivity index (χ3v) is 5.35. The zero-order chi connectivity index (χ0) is 23.1. The predicted molar refractivity (Wildman–Crippen MR) is 128 cm³/mol. The molecule has 0 bridgehead atoms. The van der Waals surface area contributed by atoms with Gasteiger partial charge in [-0.15, -0.1) is 0 Å². The Kier molecular flexibility index (Phi) is 8.50. The van der Waals surface area contributed by atoms with Crippen LogP contribution in [0.4, 0.5) is 4.39 Å². The zero-order valence-electron chi connectivity index (χ0n) is 16.9. The highest BCUT2D eigenvalue weighted by Gasteiger charge is 2.14. The molecule has 0 aliphatic heterocycles. The van der Waals surface area contributed by atoms with E-state index in [-0.39, 0.29) is 23.0 Å². The van der Waals surface area contributed by atoms with Gasteiger partial charge in [0, 0.05) is 10.6 Å². The third kappa shape index (κ3) is 6.22. The third-order valence-electron chi connectivity index (χ3n) is 4.22. The fraction of sp³-hybridized carbons (Fsp3) is 0.130. The summed E-state index contributed by atoms with van der Waals surface area (Å²) in [4.78, 5) is 12.3. The van der Waals surface area contributed by atoms with Gasteiger partial charge in [-0.05, 0) is 64.8 Å². The molecule has 0 unspecified atom stereocenters. The van der Waals surface area contributed by atoms with Crippen molar-refractivity contribution in [2.75, 3.05) is 6.61 Å². The van der Waals surface area contributed by atoms with Crippen LogP contribution in [-0.2, 0) is 6.61 Å². The van der Waals surface area contributed by atoms with Crippen molar-refractivity contribution in [2.45, 2.75) is 13.5 Å². The number of hydrogen-bond acceptors (Lipinski definition) is 4. The summed E-state index contributed by atoms with van der Waals surface area (Å²) >= 11 is 15.3. The first-order valence-electron chi connectivity index (χ1n) is 9.50. The summed E-state index contributed by atoms with van der Waals surface area (Å²) in [5.74, 6) is 0.0645. The fourth-order valence-electron chi connectivity index (χ4n) is 2.73. The van der Waals surface area contributed by atoms with Crippen LogP contribution in [-0.4, -0.2) is 18.7 Å². The Labute approximate surface area is 203 Å². The normalized spacial score (nSPS) is 10.9. The summed E-state index contributed by atoms with van der Waals surface area (Å²) in [6.45, 7) is 2.27. The van der Waals surface area contributed by atoms with Gasteiger partial charge in [-0.3, -0.25) is 4.79 Å². The molecule has 0 heterocycles. The number of amides is 1. The summed E-state index contributed by atoms with van der Waals surface area (Å²) < 4.78 is 26.0. The van der Waals surface area contributed by atoms with Crippen LogP contribution in [0.15, 0.2) is 64.2 Å². The van der Waals surface area contributed by atoms with Gasteiger partial charge in [-0.2, -0.15) is 5.10 Å². The Morgan fingerprint density at radius 1 is 1.16 bits per heavy atom. The Bertz CT molecular complexity index is 1160. The number of hydrogen-bond donors (Lipinski definition) is 1. The van der Waals surface area contributed by atoms with Crippen LogP contribution in [0.1, 0.15) is 28.4 Å². The monoisotopic (exact) mass is 538 g/mol. The van der Waals surface area contributed by atoms with Gasteiger partial charge in [0.2, 0.25) is 0 Å². The molecule has 3 aromatic rings. The van der Waals surface area contributed by atoms with E-state index in [9.17, 15) is 9.18 Å². The molecule has 1 N–H and O–H groups in total. The van der Waals surface area contributed by atoms with Gasteiger partial charge in [-0.25, -0.2) is 9.82 Å². The van der Waals surface area contributed by atoms with Gasteiger partial charge in [-0.1, -0.05) is 41.4 Å². The van der Waals surface area contributed by atoms with Crippen molar-refractivity contribution < 1.29 is 18.7 Å². The second kappa shape index (κ2) is 11.3. The van der Waals surface area contributed by atoms with Crippen LogP contribution < -0.4 is 14.9 Å². The van der Waals surface area contributed by atoms with E-state index in [0.717, 1.165) is 0 Å². The Morgan fingerprint density at radius 2 is 1.94 bits per heavy atom. The van der Waals surface area contributed by atoms with E-state index in [1.807, 2.05) is 6.92 Å². The maximum Gasteiger partial charge on any atom is 0.272 e. The first kappa shape index (κ1) is 24.0. The van der Waals surface area contributed by atoms with E-state index >= 15 is 0 Å². The molecule has 166 valence electrons. The topological polar surface area (TPSA) is 59.9 Å². The second-order valence-corrected chi connectivity index (χ2v) is 8.16. The molecular formula is C23H18BrCl2FN2O3. The average molecular weight is 540 g/mol. The van der Waals surface area contributed by atoms with Crippen LogP contribution in [0.25, 0.3) is 0 Å². The number of nitrogens with one attached hydrogen (secondary N) is 1. The number of halogens is 4. The van der Waals surface area contributed by atoms with Crippen molar-refractivity contribution in [3.05, 3.63) is 91.6 Å². The van der Waals surface area contributed by atoms with Gasteiger partial charge < -0.3 is 9.47 Å². The summed E-state index contributed by atoms with van der Waals surface area (Å²) in [5, 5.41) is 4.63. The lowest BCUT2D eigenvalue weighted by Crippen LogP contribution is -2.18. The number of carbonyl (C=O) groups excluding carboxylic acids is 1. The molecule has 3 aromatic carbocycles. The summed E-state index contributed by atoms with van der Waals surface area (Å²) in [6.07, 6.45) is 1.45. The minimum atomic E-state index is -0.475. The largest absolute Gasteiger partial charge is 0.490 e. The van der Waals surface area contributed by atoms with Crippen molar-refractivity contribution in [1.82, 2.24) is 5.43 Å². The number of nitrogens with zero attached hydrogens (tertiary/aromatic N) is 1. The minimum Gasteiger partial charge on any atom is -0.490 e. The number of carbonyl (C=O) groups is 1. The summed E-state index contributed by atoms with van der Waals surface area (Å²) in [6, 6.07) is 14.4. The Balaban J connectivity index is 1.74. The zero-order valence-corrected chi connectivity index (χ0v) is 20.0. The highest BCUT2D eigenvalue weighted by Crippen LogP contribution is 2.37. The highest BCUT2D eigenvalue weighted by atomic mass is 79.9. The minimum absolute atomic E-state index is 0.0384. The smallest absolute Gasteiger partial charge is 0.272 e. The fourth-order valence-corrected chi connectivity index (χ4v) is 3.80. The van der Waals surface area contributed by atoms with E-state index < -0.39 is 5.91 Å². The molecule has 0 radical (unpaired) electrons. The number of hydrazone groups is 1. The first-order valence-corrected chi connectivity index (χ1v) is 11.0. The number of rotatable bonds is 8. The van der Waals surface area contributed by atoms with E-state index in [1.54, 1.807) is 36.4 Å². The molecule has 0 fully saturated rings. The molecule has 0 saturated carbocycles. The molecule has 9 heteroatoms. The highest BCUT2D eigenvalue weighted by molar-refractivity contribution is 9.10. The van der Waals surface area contributed by atoms with Gasteiger partial charge in [0.25, 0.3) is 5.91 Å². The van der Waals surface area contributed by atoms with Crippen LogP contribution >= 0.6 is 39.1 Å². The summed E-state index contributed by atoms with van der Waals surface area (Å²) in [7, 11) is 0. The molecule has 32 heavy (non-hydrogen) atoms. The van der Waals surface area contributed by atoms with Crippen molar-refractivity contribution >= 4 is 51.3 Å². The lowest BCUT2D eigenvalue weighted by atomic mass is 10.2. The molecule has 0 aliphatic carbocycles. The van der Waals surface area contributed by atoms with Crippen molar-refractivity contribution in [2.24, 2.45) is 5.10 Å². The molecule has 1 amide bonds. The molecule has 0 atom stereocenters. The van der Waals surface area contributed by atoms with Crippen LogP contribution in [0.3, 0.4) is 0 Å². The number of benzene rings is 3. The molecule has 0 aromatic heterocycles. The molecule has 0 aliphatic rings. The average Bonchev–Trinajstić information content (AvgIpc) is 2.74. The van der Waals surface area contributed by atoms with Gasteiger partial charge in [0.05, 0.1) is 27.9 Å². The van der Waals surface area contributed by atoms with Crippen LogP contribution in [0, 0.1) is 5.82 Å². The van der Waals surface area contributed by atoms with Crippen LogP contribution in [0.2, 0.25) is 10.0 Å². The maximum absolute atomic E-state index is 13.9. The van der Waals surface area contributed by atoms with Gasteiger partial charge >= 0.3 is 0 Å². The summed E-state index contributed by atoms with van der Waals surface area (Å²) in [5.41, 5.74) is 3.74. The van der Waals surface area contributed by atoms with Crippen molar-refractivity contribution in [1.29, 1.82) is 0 Å². The van der Waals surface area contributed by atoms with Crippen molar-refractivity contribution in [3.63, 3.8) is 0 Å². The van der Waals surface area contributed by atoms with Gasteiger partial charge in [0.1, 0.15) is 12.4 Å². The molecule has 0 spiro atoms.